The third-order valence-corrected chi connectivity index (χ3v) is 19.2. The van der Waals surface area contributed by atoms with E-state index < -0.39 is 106 Å². The second kappa shape index (κ2) is 45.0. The molecule has 0 fully saturated rings. The smallest absolute Gasteiger partial charge is 0.427 e. The highest BCUT2D eigenvalue weighted by atomic mass is 19.3. The molecule has 13 rings (SSSR count). The first-order chi connectivity index (χ1) is 64.4. The summed E-state index contributed by atoms with van der Waals surface area (Å²) in [5, 5.41) is 1.30. The number of fused-ring (bicyclic) bond motifs is 4. The Morgan fingerprint density at radius 2 is 0.500 bits per heavy atom. The molecule has 0 radical (unpaired) electrons. The molecule has 0 amide bonds. The fourth-order valence-electron chi connectivity index (χ4n) is 12.6. The molecule has 0 spiro atoms. The van der Waals surface area contributed by atoms with Gasteiger partial charge in [-0.1, -0.05) is 188 Å². The molecule has 13 aromatic rings. The number of carbonyl (C=O) groups excluding carboxylic acids is 6. The van der Waals surface area contributed by atoms with Gasteiger partial charge in [-0.2, -0.15) is 52.7 Å². The molecule has 136 heavy (non-hydrogen) atoms. The lowest BCUT2D eigenvalue weighted by Gasteiger charge is -2.23. The lowest BCUT2D eigenvalue weighted by Crippen LogP contribution is -2.24. The van der Waals surface area contributed by atoms with Gasteiger partial charge in [0, 0.05) is 56.0 Å². The molecule has 0 heterocycles. The van der Waals surface area contributed by atoms with E-state index in [0.29, 0.717) is 11.1 Å². The van der Waals surface area contributed by atoms with E-state index in [-0.39, 0.29) is 147 Å². The highest BCUT2D eigenvalue weighted by molar-refractivity contribution is 5.99. The maximum absolute atomic E-state index is 15.6. The summed E-state index contributed by atoms with van der Waals surface area (Å²) >= 11 is 0. The van der Waals surface area contributed by atoms with Crippen molar-refractivity contribution >= 4 is 78.9 Å². The first-order valence-corrected chi connectivity index (χ1v) is 41.5. The maximum atomic E-state index is 15.6. The minimum absolute atomic E-state index is 0.0634. The Labute approximate surface area is 774 Å². The molecule has 0 aliphatic carbocycles. The average molecular weight is 1880 g/mol. The van der Waals surface area contributed by atoms with Crippen LogP contribution in [-0.4, -0.2) is 35.8 Å². The molecule has 0 atom stereocenters. The van der Waals surface area contributed by atoms with Crippen molar-refractivity contribution in [3.05, 3.63) is 384 Å². The van der Waals surface area contributed by atoms with Gasteiger partial charge in [-0.15, -0.1) is 0 Å². The van der Waals surface area contributed by atoms with E-state index in [1.807, 2.05) is 27.7 Å². The van der Waals surface area contributed by atoms with Crippen molar-refractivity contribution in [2.24, 2.45) is 0 Å². The number of aryl methyl sites for hydroxylation is 2. The second-order valence-electron chi connectivity index (χ2n) is 29.4. The number of carbonyl (C=O) groups is 6. The van der Waals surface area contributed by atoms with Crippen LogP contribution in [0.1, 0.15) is 111 Å². The van der Waals surface area contributed by atoms with Crippen LogP contribution in [0.15, 0.2) is 329 Å². The van der Waals surface area contributed by atoms with Gasteiger partial charge in [-0.3, -0.25) is 0 Å². The van der Waals surface area contributed by atoms with Crippen LogP contribution in [0.3, 0.4) is 0 Å². The number of esters is 6. The van der Waals surface area contributed by atoms with Crippen molar-refractivity contribution in [2.75, 3.05) is 0 Å². The number of hydrogen-bond acceptors (Lipinski definition) is 18. The third kappa shape index (κ3) is 26.3. The lowest BCUT2D eigenvalue weighted by atomic mass is 10.0. The maximum Gasteiger partial charge on any atom is 0.427 e. The van der Waals surface area contributed by atoms with Crippen molar-refractivity contribution in [3.8, 4) is 57.5 Å². The van der Waals surface area contributed by atoms with Gasteiger partial charge >= 0.3 is 72.5 Å². The molecule has 0 aromatic heterocycles. The SMILES string of the molecule is C=C(C)C(=O)OCc1ccc(C(F)(F)Oc2ccc(OC(F)(F)c3ccc(COC(=O)C(=C)C)cc3)cc2)cc1.C=C(C)C(=O)Oc1ccc(C(F)(F)Oc2ccc(OC(F)(F)c3ccc(OC(=O)C(=C)C)c4ccccc34)c(C)c2)c2ccccc12.C=CC(=O)Oc1ccc(C(F)(F)Oc2ccc(OC(F)(F)c3ccc(OC(=O)C=C)c4ccccc34)c(C)c2)c2ccccc12.CC.CC. The van der Waals surface area contributed by atoms with E-state index in [0.717, 1.165) is 121 Å². The summed E-state index contributed by atoms with van der Waals surface area (Å²) in [6.07, 6.45) is -21.0. The fraction of sp³-hybridized carbons (Fsp3) is 0.170. The number of halogens is 12. The van der Waals surface area contributed by atoms with Gasteiger partial charge in [-0.25, -0.2) is 28.8 Å². The summed E-state index contributed by atoms with van der Waals surface area (Å²) in [6.45, 7) is 37.1. The van der Waals surface area contributed by atoms with E-state index >= 15 is 35.1 Å². The van der Waals surface area contributed by atoms with E-state index in [1.165, 1.54) is 139 Å². The zero-order valence-electron chi connectivity index (χ0n) is 74.9. The Bertz CT molecular complexity index is 6540. The Morgan fingerprint density at radius 1 is 0.272 bits per heavy atom. The van der Waals surface area contributed by atoms with E-state index in [2.05, 4.69) is 39.5 Å². The van der Waals surface area contributed by atoms with Gasteiger partial charge < -0.3 is 56.8 Å². The van der Waals surface area contributed by atoms with Crippen LogP contribution in [-0.2, 0) is 88.1 Å². The summed E-state index contributed by atoms with van der Waals surface area (Å²) in [5.41, 5.74) is -1.07. The van der Waals surface area contributed by atoms with Crippen molar-refractivity contribution < 1.29 is 138 Å². The first kappa shape index (κ1) is 104. The molecule has 706 valence electrons. The van der Waals surface area contributed by atoms with Crippen molar-refractivity contribution in [1.82, 2.24) is 0 Å². The zero-order chi connectivity index (χ0) is 100.0. The Hall–Kier alpha value is -15.9. The van der Waals surface area contributed by atoms with Gasteiger partial charge in [0.1, 0.15) is 70.7 Å². The molecule has 0 N–H and O–H groups in total. The number of rotatable bonds is 32. The van der Waals surface area contributed by atoms with E-state index in [4.69, 9.17) is 56.8 Å². The normalized spacial score (nSPS) is 11.3. The van der Waals surface area contributed by atoms with Gasteiger partial charge in [0.2, 0.25) is 0 Å². The van der Waals surface area contributed by atoms with Crippen molar-refractivity contribution in [1.29, 1.82) is 0 Å². The van der Waals surface area contributed by atoms with Gasteiger partial charge in [-0.05, 0) is 219 Å². The molecular formula is C106H90F12O18. The van der Waals surface area contributed by atoms with Crippen LogP contribution < -0.4 is 47.4 Å². The highest BCUT2D eigenvalue weighted by Crippen LogP contribution is 2.47. The third-order valence-electron chi connectivity index (χ3n) is 19.2. The molecule has 30 heteroatoms. The predicted octanol–water partition coefficient (Wildman–Crippen LogP) is 27.5. The number of alkyl halides is 12. The highest BCUT2D eigenvalue weighted by Gasteiger charge is 2.43. The number of ether oxygens (including phenoxy) is 12. The van der Waals surface area contributed by atoms with Crippen LogP contribution in [0.5, 0.6) is 57.5 Å². The molecular weight excluding hydrogens is 1790 g/mol. The van der Waals surface area contributed by atoms with Gasteiger partial charge in [0.05, 0.1) is 33.4 Å². The zero-order valence-corrected chi connectivity index (χ0v) is 74.9. The minimum atomic E-state index is -3.87. The Morgan fingerprint density at radius 3 is 0.750 bits per heavy atom. The Balaban J connectivity index is 0.000000225. The molecule has 0 bridgehead atoms. The summed E-state index contributed by atoms with van der Waals surface area (Å²) in [5.74, 6) is -5.57. The average Bonchev–Trinajstić information content (AvgIpc) is 0.777. The van der Waals surface area contributed by atoms with Crippen molar-refractivity contribution in [3.63, 3.8) is 0 Å². The molecule has 0 saturated carbocycles. The molecule has 0 saturated heterocycles. The quantitative estimate of drug-likeness (QED) is 0.0166. The molecule has 13 aromatic carbocycles. The largest absolute Gasteiger partial charge is 0.457 e. The van der Waals surface area contributed by atoms with Crippen molar-refractivity contribution in [2.45, 2.75) is 119 Å². The van der Waals surface area contributed by atoms with Gasteiger partial charge in [0.25, 0.3) is 0 Å². The summed E-state index contributed by atoms with van der Waals surface area (Å²) in [6, 6.07) is 54.6. The van der Waals surface area contributed by atoms with Crippen LogP contribution in [0.4, 0.5) is 52.7 Å². The molecule has 0 aliphatic rings. The van der Waals surface area contributed by atoms with Crippen LogP contribution in [0.25, 0.3) is 43.1 Å². The van der Waals surface area contributed by atoms with Gasteiger partial charge in [0.15, 0.2) is 0 Å². The van der Waals surface area contributed by atoms with E-state index in [9.17, 15) is 46.3 Å². The molecule has 0 aliphatic heterocycles. The minimum Gasteiger partial charge on any atom is -0.457 e. The summed E-state index contributed by atoms with van der Waals surface area (Å²) in [7, 11) is 0. The number of benzene rings is 13. The Kier molecular flexibility index (Phi) is 34.4. The van der Waals surface area contributed by atoms with E-state index in [1.54, 1.807) is 48.5 Å². The summed E-state index contributed by atoms with van der Waals surface area (Å²) in [4.78, 5) is 70.5. The van der Waals surface area contributed by atoms with Crippen LogP contribution in [0.2, 0.25) is 0 Å². The standard InChI is InChI=1S/C37H28F4O6.C35H24F4O6.C30H26F4O6.2C2H6/c1-21(2)34(42)44-32-18-15-29(25-10-6-8-12-27(25)32)36(38,39)46-24-14-17-31(23(5)20-24)47-37(40,41)30-16-19-33(45-35(43)22(3)4)28-13-9-7-11-26(28)30;1-4-32(40)42-30-18-15-27(23-10-6-8-12-25(23)30)34(36,37)44-22-14-17-29(21(3)20-22)45-35(38,39)28-16-19-31(43-33(41)5-2)26-13-9-7-11-24(26)28;1-19(2)27(35)37-17-21-5-9-23(10-6-21)29(31,32)39-25-13-15-26(16-14-25)40-30(33,34)24-11-7-22(8-12-24)18-38-28(36)20(3)4;2*1-2/h6-20H,1,3H2,2,4-5H3;4-20H,1-2H2,3H3;5-16H,1,3,17-18H2,2,4H3;2*1-2H3. The number of hydrogen-bond donors (Lipinski definition) is 0. The van der Waals surface area contributed by atoms with Crippen LogP contribution >= 0.6 is 0 Å². The molecule has 18 nitrogen and oxygen atoms in total. The second-order valence-corrected chi connectivity index (χ2v) is 29.4. The molecule has 0 unspecified atom stereocenters. The predicted molar refractivity (Wildman–Crippen MR) is 489 cm³/mol. The lowest BCUT2D eigenvalue weighted by molar-refractivity contribution is -0.188. The topological polar surface area (TPSA) is 213 Å². The fourth-order valence-corrected chi connectivity index (χ4v) is 12.6. The monoisotopic (exact) mass is 1880 g/mol. The van der Waals surface area contributed by atoms with Crippen LogP contribution in [0, 0.1) is 13.8 Å². The first-order valence-electron chi connectivity index (χ1n) is 41.5. The summed E-state index contributed by atoms with van der Waals surface area (Å²) < 4.78 is 244.